The van der Waals surface area contributed by atoms with Crippen LogP contribution in [0.25, 0.3) is 10.9 Å². The molecule has 0 unspecified atom stereocenters. The third-order valence-corrected chi connectivity index (χ3v) is 6.87. The lowest BCUT2D eigenvalue weighted by Gasteiger charge is -2.35. The van der Waals surface area contributed by atoms with Gasteiger partial charge in [0, 0.05) is 11.6 Å². The molecule has 2 heterocycles. The Morgan fingerprint density at radius 1 is 1.12 bits per heavy atom. The second-order valence-corrected chi connectivity index (χ2v) is 11.0. The van der Waals surface area contributed by atoms with E-state index in [9.17, 15) is 18.0 Å². The van der Waals surface area contributed by atoms with Gasteiger partial charge in [-0.1, -0.05) is 45.0 Å². The van der Waals surface area contributed by atoms with Crippen molar-refractivity contribution in [3.63, 3.8) is 0 Å². The van der Waals surface area contributed by atoms with Gasteiger partial charge in [0.25, 0.3) is 5.91 Å². The topological polar surface area (TPSA) is 94.9 Å². The lowest BCUT2D eigenvalue weighted by molar-refractivity contribution is 0.0602. The molecule has 33 heavy (non-hydrogen) atoms. The Balaban J connectivity index is 1.79. The molecular weight excluding hydrogens is 444 g/mol. The van der Waals surface area contributed by atoms with Gasteiger partial charge in [0.1, 0.15) is 5.75 Å². The molecule has 1 aliphatic heterocycles. The number of fused-ring (bicyclic) bond motifs is 2. The zero-order valence-electron chi connectivity index (χ0n) is 19.2. The van der Waals surface area contributed by atoms with Gasteiger partial charge in [0.05, 0.1) is 36.7 Å². The van der Waals surface area contributed by atoms with Crippen molar-refractivity contribution in [1.82, 2.24) is 4.57 Å². The van der Waals surface area contributed by atoms with Crippen LogP contribution in [-0.4, -0.2) is 50.9 Å². The number of ether oxygens (including phenoxy) is 2. The Kier molecular flexibility index (Phi) is 5.48. The van der Waals surface area contributed by atoms with Crippen molar-refractivity contribution < 1.29 is 27.5 Å². The summed E-state index contributed by atoms with van der Waals surface area (Å²) in [7, 11) is -2.42. The lowest BCUT2D eigenvalue weighted by Crippen LogP contribution is -2.48. The van der Waals surface area contributed by atoms with Crippen molar-refractivity contribution in [1.29, 1.82) is 0 Å². The number of para-hydroxylation sites is 1. The molecule has 2 aromatic carbocycles. The molecule has 1 aliphatic rings. The van der Waals surface area contributed by atoms with E-state index in [1.54, 1.807) is 36.4 Å². The van der Waals surface area contributed by atoms with Crippen LogP contribution in [-0.2, 0) is 20.2 Å². The summed E-state index contributed by atoms with van der Waals surface area (Å²) >= 11 is 0. The predicted molar refractivity (Wildman–Crippen MR) is 126 cm³/mol. The Hall–Kier alpha value is -3.33. The molecule has 8 nitrogen and oxygen atoms in total. The molecule has 0 saturated carbocycles. The summed E-state index contributed by atoms with van der Waals surface area (Å²) in [6.07, 6.45) is 1.41. The van der Waals surface area contributed by atoms with Gasteiger partial charge >= 0.3 is 5.97 Å². The third kappa shape index (κ3) is 4.08. The number of methoxy groups -OCH3 is 1. The van der Waals surface area contributed by atoms with Crippen molar-refractivity contribution in [2.24, 2.45) is 0 Å². The predicted octanol–water partition coefficient (Wildman–Crippen LogP) is 3.59. The minimum atomic E-state index is -3.69. The minimum absolute atomic E-state index is 0.182. The van der Waals surface area contributed by atoms with Crippen LogP contribution in [0.1, 0.15) is 41.5 Å². The molecule has 0 spiro atoms. The summed E-state index contributed by atoms with van der Waals surface area (Å²) in [6.45, 7) is 5.92. The number of carbonyl (C=O) groups is 2. The molecule has 0 radical (unpaired) electrons. The highest BCUT2D eigenvalue weighted by molar-refractivity contribution is 7.92. The average Bonchev–Trinajstić information content (AvgIpc) is 3.15. The van der Waals surface area contributed by atoms with Crippen LogP contribution in [0.5, 0.6) is 5.75 Å². The molecule has 1 atom stereocenters. The van der Waals surface area contributed by atoms with E-state index in [2.05, 4.69) is 0 Å². The average molecular weight is 471 g/mol. The van der Waals surface area contributed by atoms with E-state index in [0.717, 1.165) is 11.8 Å². The standard InChI is InChI=1S/C24H26N2O6S/c1-24(2,3)15-10-11-20-19(12-15)26(33(5,29)30)14-21(32-20)22(27)25-13-17(23(28)31-4)16-8-6-7-9-18(16)25/h6-13,21H,14H2,1-5H3/t21-/m0/s1. The Labute approximate surface area is 192 Å². The molecule has 3 aromatic rings. The molecule has 0 saturated heterocycles. The highest BCUT2D eigenvalue weighted by atomic mass is 32.2. The van der Waals surface area contributed by atoms with Gasteiger partial charge < -0.3 is 9.47 Å². The maximum Gasteiger partial charge on any atom is 0.340 e. The van der Waals surface area contributed by atoms with Crippen LogP contribution in [0, 0.1) is 0 Å². The van der Waals surface area contributed by atoms with Gasteiger partial charge in [-0.15, -0.1) is 0 Å². The molecule has 0 aliphatic carbocycles. The Bertz CT molecular complexity index is 1370. The van der Waals surface area contributed by atoms with E-state index < -0.39 is 28.0 Å². The van der Waals surface area contributed by atoms with Gasteiger partial charge in [0.2, 0.25) is 10.0 Å². The zero-order chi connectivity index (χ0) is 24.1. The number of esters is 1. The quantitative estimate of drug-likeness (QED) is 0.543. The van der Waals surface area contributed by atoms with E-state index in [1.807, 2.05) is 26.8 Å². The van der Waals surface area contributed by atoms with Crippen molar-refractivity contribution in [2.75, 3.05) is 24.2 Å². The van der Waals surface area contributed by atoms with Crippen LogP contribution in [0.2, 0.25) is 0 Å². The first-order valence-electron chi connectivity index (χ1n) is 10.4. The number of rotatable bonds is 3. The van der Waals surface area contributed by atoms with Gasteiger partial charge in [-0.3, -0.25) is 13.7 Å². The summed E-state index contributed by atoms with van der Waals surface area (Å²) in [5.74, 6) is -0.747. The van der Waals surface area contributed by atoms with Crippen LogP contribution in [0.15, 0.2) is 48.7 Å². The summed E-state index contributed by atoms with van der Waals surface area (Å²) in [6, 6.07) is 12.3. The first-order chi connectivity index (χ1) is 15.4. The summed E-state index contributed by atoms with van der Waals surface area (Å²) in [5, 5.41) is 0.559. The largest absolute Gasteiger partial charge is 0.476 e. The molecule has 4 rings (SSSR count). The maximum atomic E-state index is 13.5. The van der Waals surface area contributed by atoms with Crippen LogP contribution in [0.4, 0.5) is 5.69 Å². The second kappa shape index (κ2) is 7.91. The van der Waals surface area contributed by atoms with E-state index in [1.165, 1.54) is 22.2 Å². The fraction of sp³-hybridized carbons (Fsp3) is 0.333. The van der Waals surface area contributed by atoms with E-state index in [4.69, 9.17) is 9.47 Å². The van der Waals surface area contributed by atoms with Crippen molar-refractivity contribution in [2.45, 2.75) is 32.3 Å². The van der Waals surface area contributed by atoms with Gasteiger partial charge in [-0.25, -0.2) is 13.2 Å². The second-order valence-electron chi connectivity index (χ2n) is 9.09. The highest BCUT2D eigenvalue weighted by Crippen LogP contribution is 2.39. The first-order valence-corrected chi connectivity index (χ1v) is 12.3. The fourth-order valence-electron chi connectivity index (χ4n) is 3.95. The van der Waals surface area contributed by atoms with Gasteiger partial charge in [0.15, 0.2) is 6.10 Å². The number of benzene rings is 2. The van der Waals surface area contributed by atoms with Gasteiger partial charge in [-0.2, -0.15) is 0 Å². The Morgan fingerprint density at radius 3 is 2.45 bits per heavy atom. The third-order valence-electron chi connectivity index (χ3n) is 5.72. The fourth-order valence-corrected chi connectivity index (χ4v) is 4.86. The van der Waals surface area contributed by atoms with Gasteiger partial charge in [-0.05, 0) is 29.2 Å². The van der Waals surface area contributed by atoms with E-state index in [0.29, 0.717) is 22.3 Å². The molecule has 0 amide bonds. The number of anilines is 1. The van der Waals surface area contributed by atoms with Crippen LogP contribution >= 0.6 is 0 Å². The summed E-state index contributed by atoms with van der Waals surface area (Å²) in [5.41, 5.74) is 1.90. The van der Waals surface area contributed by atoms with Crippen LogP contribution < -0.4 is 9.04 Å². The molecule has 9 heteroatoms. The minimum Gasteiger partial charge on any atom is -0.476 e. The molecule has 0 fully saturated rings. The van der Waals surface area contributed by atoms with E-state index >= 15 is 0 Å². The summed E-state index contributed by atoms with van der Waals surface area (Å²) < 4.78 is 38.7. The summed E-state index contributed by atoms with van der Waals surface area (Å²) in [4.78, 5) is 25.7. The SMILES string of the molecule is COC(=O)c1cn(C(=O)[C@@H]2CN(S(C)(=O)=O)c3cc(C(C)(C)C)ccc3O2)c2ccccc12. The monoisotopic (exact) mass is 470 g/mol. The number of aromatic nitrogens is 1. The molecule has 1 aromatic heterocycles. The normalized spacial score (nSPS) is 16.3. The first kappa shape index (κ1) is 22.8. The Morgan fingerprint density at radius 2 is 1.82 bits per heavy atom. The molecular formula is C24H26N2O6S. The van der Waals surface area contributed by atoms with E-state index in [-0.39, 0.29) is 17.5 Å². The number of hydrogen-bond acceptors (Lipinski definition) is 6. The number of carbonyl (C=O) groups excluding carboxylic acids is 2. The van der Waals surface area contributed by atoms with Crippen molar-refractivity contribution in [3.05, 3.63) is 59.8 Å². The number of nitrogens with zero attached hydrogens (tertiary/aromatic N) is 2. The van der Waals surface area contributed by atoms with Crippen LogP contribution in [0.3, 0.4) is 0 Å². The molecule has 174 valence electrons. The highest BCUT2D eigenvalue weighted by Gasteiger charge is 2.37. The molecule has 0 bridgehead atoms. The maximum absolute atomic E-state index is 13.5. The smallest absolute Gasteiger partial charge is 0.340 e. The van der Waals surface area contributed by atoms with Crippen molar-refractivity contribution >= 4 is 38.5 Å². The number of sulfonamides is 1. The zero-order valence-corrected chi connectivity index (χ0v) is 20.0. The lowest BCUT2D eigenvalue weighted by atomic mass is 9.86. The number of hydrogen-bond donors (Lipinski definition) is 0. The van der Waals surface area contributed by atoms with Crippen molar-refractivity contribution in [3.8, 4) is 5.75 Å². The molecule has 0 N–H and O–H groups in total.